The number of nitrogens with zero attached hydrogens (tertiary/aromatic N) is 3. The van der Waals surface area contributed by atoms with Crippen LogP contribution in [0.3, 0.4) is 0 Å². The van der Waals surface area contributed by atoms with Crippen LogP contribution in [0.25, 0.3) is 11.4 Å². The first-order valence-corrected chi connectivity index (χ1v) is 6.88. The minimum absolute atomic E-state index is 0.376. The number of aldehydes is 1. The molecule has 0 unspecified atom stereocenters. The van der Waals surface area contributed by atoms with Gasteiger partial charge in [0.05, 0.1) is 23.8 Å². The van der Waals surface area contributed by atoms with Gasteiger partial charge < -0.3 is 9.30 Å². The van der Waals surface area contributed by atoms with Gasteiger partial charge in [-0.3, -0.25) is 9.78 Å². The summed E-state index contributed by atoms with van der Waals surface area (Å²) in [6.45, 7) is 0.503. The molecule has 22 heavy (non-hydrogen) atoms. The minimum Gasteiger partial charge on any atom is -0.487 e. The summed E-state index contributed by atoms with van der Waals surface area (Å²) in [4.78, 5) is 19.2. The van der Waals surface area contributed by atoms with Crippen LogP contribution >= 0.6 is 0 Å². The van der Waals surface area contributed by atoms with Gasteiger partial charge in [-0.15, -0.1) is 0 Å². The summed E-state index contributed by atoms with van der Waals surface area (Å²) in [7, 11) is 1.79. The van der Waals surface area contributed by atoms with Crippen molar-refractivity contribution in [3.63, 3.8) is 0 Å². The van der Waals surface area contributed by atoms with E-state index >= 15 is 0 Å². The van der Waals surface area contributed by atoms with Gasteiger partial charge in [0.25, 0.3) is 0 Å². The third-order valence-corrected chi connectivity index (χ3v) is 3.38. The van der Waals surface area contributed by atoms with E-state index in [-0.39, 0.29) is 0 Å². The number of carbonyl (C=O) groups excluding carboxylic acids is 1. The monoisotopic (exact) mass is 293 g/mol. The van der Waals surface area contributed by atoms with Crippen LogP contribution in [0.15, 0.2) is 54.9 Å². The van der Waals surface area contributed by atoms with Crippen molar-refractivity contribution in [2.24, 2.45) is 7.05 Å². The van der Waals surface area contributed by atoms with E-state index in [0.717, 1.165) is 23.2 Å². The molecular weight excluding hydrogens is 278 g/mol. The molecule has 0 radical (unpaired) electrons. The summed E-state index contributed by atoms with van der Waals surface area (Å²) in [5, 5.41) is 0. The number of hydrogen-bond donors (Lipinski definition) is 0. The molecule has 110 valence electrons. The average Bonchev–Trinajstić information content (AvgIpc) is 2.95. The molecule has 0 saturated heterocycles. The average molecular weight is 293 g/mol. The second-order valence-corrected chi connectivity index (χ2v) is 4.83. The largest absolute Gasteiger partial charge is 0.487 e. The number of rotatable bonds is 5. The maximum Gasteiger partial charge on any atom is 0.185 e. The molecule has 0 aliphatic carbocycles. The van der Waals surface area contributed by atoms with Crippen molar-refractivity contribution in [3.05, 3.63) is 66.2 Å². The second kappa shape index (κ2) is 6.22. The lowest BCUT2D eigenvalue weighted by atomic mass is 10.2. The first kappa shape index (κ1) is 14.0. The van der Waals surface area contributed by atoms with Crippen LogP contribution in [0.4, 0.5) is 0 Å². The van der Waals surface area contributed by atoms with Gasteiger partial charge in [0.1, 0.15) is 12.4 Å². The Labute approximate surface area is 128 Å². The van der Waals surface area contributed by atoms with Crippen LogP contribution in [0.1, 0.15) is 16.2 Å². The first-order valence-electron chi connectivity index (χ1n) is 6.88. The van der Waals surface area contributed by atoms with Crippen molar-refractivity contribution in [1.29, 1.82) is 0 Å². The fraction of sp³-hybridized carbons (Fsp3) is 0.118. The first-order chi connectivity index (χ1) is 10.8. The fourth-order valence-electron chi connectivity index (χ4n) is 2.13. The molecule has 3 aromatic rings. The van der Waals surface area contributed by atoms with Crippen LogP contribution in [-0.2, 0) is 13.7 Å². The van der Waals surface area contributed by atoms with Crippen molar-refractivity contribution in [2.75, 3.05) is 0 Å². The summed E-state index contributed by atoms with van der Waals surface area (Å²) in [6.07, 6.45) is 4.03. The molecule has 5 nitrogen and oxygen atoms in total. The number of carbonyl (C=O) groups is 1. The molecule has 0 atom stereocenters. The van der Waals surface area contributed by atoms with Crippen LogP contribution in [-0.4, -0.2) is 20.8 Å². The van der Waals surface area contributed by atoms with E-state index in [9.17, 15) is 4.79 Å². The van der Waals surface area contributed by atoms with Crippen LogP contribution in [0.5, 0.6) is 5.75 Å². The van der Waals surface area contributed by atoms with Gasteiger partial charge in [-0.1, -0.05) is 30.3 Å². The predicted octanol–water partition coefficient (Wildman–Crippen LogP) is 2.87. The zero-order valence-corrected chi connectivity index (χ0v) is 12.1. The van der Waals surface area contributed by atoms with Gasteiger partial charge in [-0.2, -0.15) is 0 Å². The van der Waals surface area contributed by atoms with Gasteiger partial charge in [0, 0.05) is 7.05 Å². The number of imidazole rings is 1. The van der Waals surface area contributed by atoms with Crippen molar-refractivity contribution < 1.29 is 9.53 Å². The van der Waals surface area contributed by atoms with Gasteiger partial charge in [0.2, 0.25) is 0 Å². The molecule has 5 heteroatoms. The highest BCUT2D eigenvalue weighted by Crippen LogP contribution is 2.20. The number of hydrogen-bond acceptors (Lipinski definition) is 4. The number of benzene rings is 1. The number of aromatic nitrogens is 3. The second-order valence-electron chi connectivity index (χ2n) is 4.83. The highest BCUT2D eigenvalue weighted by molar-refractivity contribution is 5.72. The Bertz CT molecular complexity index is 764. The van der Waals surface area contributed by atoms with Crippen LogP contribution in [0.2, 0.25) is 0 Å². The number of pyridine rings is 1. The Morgan fingerprint density at radius 3 is 2.55 bits per heavy atom. The normalized spacial score (nSPS) is 10.4. The Morgan fingerprint density at radius 1 is 1.09 bits per heavy atom. The summed E-state index contributed by atoms with van der Waals surface area (Å²) >= 11 is 0. The van der Waals surface area contributed by atoms with Crippen LogP contribution in [0, 0.1) is 0 Å². The molecule has 0 amide bonds. The lowest BCUT2D eigenvalue weighted by molar-refractivity contribution is 0.111. The van der Waals surface area contributed by atoms with Gasteiger partial charge in [-0.25, -0.2) is 4.98 Å². The van der Waals surface area contributed by atoms with Crippen molar-refractivity contribution in [1.82, 2.24) is 14.5 Å². The molecule has 0 aliphatic rings. The summed E-state index contributed by atoms with van der Waals surface area (Å²) in [5.74, 6) is 1.08. The van der Waals surface area contributed by atoms with Crippen molar-refractivity contribution in [3.8, 4) is 17.1 Å². The lowest BCUT2D eigenvalue weighted by Crippen LogP contribution is -1.99. The van der Waals surface area contributed by atoms with Gasteiger partial charge in [-0.05, 0) is 17.7 Å². The highest BCUT2D eigenvalue weighted by Gasteiger charge is 2.09. The van der Waals surface area contributed by atoms with E-state index in [1.54, 1.807) is 24.0 Å². The summed E-state index contributed by atoms with van der Waals surface area (Å²) < 4.78 is 7.41. The molecule has 2 aromatic heterocycles. The molecular formula is C17H15N3O2. The van der Waals surface area contributed by atoms with E-state index in [4.69, 9.17) is 4.74 Å². The molecule has 0 saturated carbocycles. The summed E-state index contributed by atoms with van der Waals surface area (Å²) in [5.41, 5.74) is 2.64. The molecule has 0 fully saturated rings. The van der Waals surface area contributed by atoms with E-state index in [1.165, 1.54) is 0 Å². The number of ether oxygens (including phenoxy) is 1. The topological polar surface area (TPSA) is 57.0 Å². The molecule has 3 rings (SSSR count). The fourth-order valence-corrected chi connectivity index (χ4v) is 2.13. The van der Waals surface area contributed by atoms with Gasteiger partial charge >= 0.3 is 0 Å². The molecule has 2 heterocycles. The van der Waals surface area contributed by atoms with E-state index < -0.39 is 0 Å². The molecule has 1 aromatic carbocycles. The Morgan fingerprint density at radius 2 is 1.91 bits per heavy atom. The van der Waals surface area contributed by atoms with E-state index in [2.05, 4.69) is 9.97 Å². The maximum atomic E-state index is 10.8. The predicted molar refractivity (Wildman–Crippen MR) is 82.6 cm³/mol. The standard InChI is InChI=1S/C17H15N3O2/c1-20-16(10-19-17(20)11-21)15-8-7-14(9-18-15)22-12-13-5-3-2-4-6-13/h2-11H,12H2,1H3. The third-order valence-electron chi connectivity index (χ3n) is 3.38. The van der Waals surface area contributed by atoms with E-state index in [1.807, 2.05) is 42.5 Å². The van der Waals surface area contributed by atoms with Gasteiger partial charge in [0.15, 0.2) is 12.1 Å². The lowest BCUT2D eigenvalue weighted by Gasteiger charge is -2.07. The summed E-state index contributed by atoms with van der Waals surface area (Å²) in [6, 6.07) is 13.7. The Kier molecular flexibility index (Phi) is 3.96. The molecule has 0 N–H and O–H groups in total. The Hall–Kier alpha value is -2.95. The third kappa shape index (κ3) is 2.88. The maximum absolute atomic E-state index is 10.8. The minimum atomic E-state index is 0.376. The van der Waals surface area contributed by atoms with E-state index in [0.29, 0.717) is 18.2 Å². The quantitative estimate of drug-likeness (QED) is 0.679. The molecule has 0 aliphatic heterocycles. The molecule has 0 spiro atoms. The highest BCUT2D eigenvalue weighted by atomic mass is 16.5. The SMILES string of the molecule is Cn1c(-c2ccc(OCc3ccccc3)cn2)cnc1C=O. The zero-order valence-electron chi connectivity index (χ0n) is 12.1. The van der Waals surface area contributed by atoms with Crippen LogP contribution < -0.4 is 4.74 Å². The Balaban J connectivity index is 1.72. The zero-order chi connectivity index (χ0) is 15.4. The molecule has 0 bridgehead atoms. The smallest absolute Gasteiger partial charge is 0.185 e. The van der Waals surface area contributed by atoms with Crippen molar-refractivity contribution in [2.45, 2.75) is 6.61 Å². The van der Waals surface area contributed by atoms with Crippen molar-refractivity contribution >= 4 is 6.29 Å².